The fraction of sp³-hybridized carbons (Fsp3) is 0.714. The summed E-state index contributed by atoms with van der Waals surface area (Å²) in [5.74, 6) is 0.833. The van der Waals surface area contributed by atoms with Gasteiger partial charge in [-0.25, -0.2) is 0 Å². The predicted octanol–water partition coefficient (Wildman–Crippen LogP) is 3.38. The van der Waals surface area contributed by atoms with Gasteiger partial charge in [-0.1, -0.05) is 38.3 Å². The topological polar surface area (TPSA) is 148 Å². The number of hydrogen-bond acceptors (Lipinski definition) is 12. The van der Waals surface area contributed by atoms with Crippen LogP contribution in [0.15, 0.2) is 58.8 Å². The molecule has 1 heterocycles. The monoisotopic (exact) mass is 773 g/mol. The van der Waals surface area contributed by atoms with Crippen LogP contribution in [0, 0.1) is 0 Å². The van der Waals surface area contributed by atoms with E-state index in [1.807, 2.05) is 36.4 Å². The van der Waals surface area contributed by atoms with E-state index in [9.17, 15) is 25.5 Å². The van der Waals surface area contributed by atoms with E-state index < -0.39 is 0 Å². The Labute approximate surface area is 331 Å². The van der Waals surface area contributed by atoms with Gasteiger partial charge in [0.1, 0.15) is 25.4 Å². The lowest BCUT2D eigenvalue weighted by atomic mass is 10.1. The quantitative estimate of drug-likeness (QED) is 0.0306. The first-order chi connectivity index (χ1) is 27.0. The number of unbranched alkanes of at least 4 members (excludes halogenated alkanes) is 4. The Morgan fingerprint density at radius 1 is 0.509 bits per heavy atom. The molecule has 0 atom stereocenters. The zero-order valence-electron chi connectivity index (χ0n) is 33.9. The summed E-state index contributed by atoms with van der Waals surface area (Å²) in [6.07, 6.45) is 7.69. The lowest BCUT2D eigenvalue weighted by Gasteiger charge is -2.31. The van der Waals surface area contributed by atoms with Crippen molar-refractivity contribution in [3.8, 4) is 5.75 Å². The Hall–Kier alpha value is -2.56. The lowest BCUT2D eigenvalue weighted by Crippen LogP contribution is -2.45. The predicted molar refractivity (Wildman–Crippen MR) is 221 cm³/mol. The number of nitrogens with zero attached hydrogens (tertiary/aromatic N) is 7. The van der Waals surface area contributed by atoms with Gasteiger partial charge >= 0.3 is 0 Å². The van der Waals surface area contributed by atoms with Crippen LogP contribution in [0.1, 0.15) is 51.0 Å². The highest BCUT2D eigenvalue weighted by atomic mass is 16.5. The number of aliphatic hydroxyl groups excluding tert-OH is 5. The van der Waals surface area contributed by atoms with Crippen LogP contribution in [0.2, 0.25) is 0 Å². The van der Waals surface area contributed by atoms with E-state index in [0.717, 1.165) is 132 Å². The molecule has 0 saturated carbocycles. The van der Waals surface area contributed by atoms with E-state index in [-0.39, 0.29) is 33.0 Å². The fourth-order valence-corrected chi connectivity index (χ4v) is 6.84. The maximum Gasteiger partial charge on any atom is 0.129 e. The highest BCUT2D eigenvalue weighted by Crippen LogP contribution is 2.23. The van der Waals surface area contributed by atoms with Gasteiger partial charge in [-0.05, 0) is 74.2 Å². The molecule has 2 aromatic carbocycles. The highest BCUT2D eigenvalue weighted by molar-refractivity contribution is 5.43. The second-order valence-electron chi connectivity index (χ2n) is 14.9. The molecule has 0 amide bonds. The molecule has 0 unspecified atom stereocenters. The van der Waals surface area contributed by atoms with E-state index >= 15 is 0 Å². The maximum atomic E-state index is 9.78. The Kier molecular flexibility index (Phi) is 24.5. The van der Waals surface area contributed by atoms with Gasteiger partial charge in [-0.2, -0.15) is 10.2 Å². The second kappa shape index (κ2) is 28.8. The van der Waals surface area contributed by atoms with E-state index in [0.29, 0.717) is 32.8 Å². The average Bonchev–Trinajstić information content (AvgIpc) is 3.97. The summed E-state index contributed by atoms with van der Waals surface area (Å²) in [6.45, 7) is 16.6. The smallest absolute Gasteiger partial charge is 0.129 e. The second-order valence-corrected chi connectivity index (χ2v) is 14.9. The Morgan fingerprint density at radius 2 is 0.982 bits per heavy atom. The SMILES string of the molecule is CCCCc1ccc(N=Nc2ccc(OCCCCCCN(CCO)CCN(CCO)CCN(CCO)CCN(CCO)CC[N+]3(CCO)CC3)cc2)cc1. The fourth-order valence-electron chi connectivity index (χ4n) is 6.84. The number of ether oxygens (including phenoxy) is 1. The summed E-state index contributed by atoms with van der Waals surface area (Å²) >= 11 is 0. The molecule has 0 spiro atoms. The maximum absolute atomic E-state index is 9.78. The summed E-state index contributed by atoms with van der Waals surface area (Å²) in [7, 11) is 0. The third kappa shape index (κ3) is 20.4. The van der Waals surface area contributed by atoms with Crippen molar-refractivity contribution in [3.63, 3.8) is 0 Å². The molecule has 1 fully saturated rings. The van der Waals surface area contributed by atoms with Crippen LogP contribution < -0.4 is 4.74 Å². The summed E-state index contributed by atoms with van der Waals surface area (Å²) in [6, 6.07) is 16.0. The molecule has 0 aromatic heterocycles. The third-order valence-corrected chi connectivity index (χ3v) is 10.7. The van der Waals surface area contributed by atoms with Crippen LogP contribution in [0.25, 0.3) is 0 Å². The minimum atomic E-state index is 0.0863. The van der Waals surface area contributed by atoms with E-state index in [2.05, 4.69) is 48.9 Å². The van der Waals surface area contributed by atoms with Crippen molar-refractivity contribution in [2.24, 2.45) is 10.2 Å². The molecule has 1 aliphatic heterocycles. The number of rotatable bonds is 35. The van der Waals surface area contributed by atoms with Gasteiger partial charge in [0.15, 0.2) is 0 Å². The van der Waals surface area contributed by atoms with E-state index in [1.54, 1.807) is 0 Å². The van der Waals surface area contributed by atoms with Gasteiger partial charge in [-0.15, -0.1) is 0 Å². The van der Waals surface area contributed by atoms with Crippen LogP contribution in [0.3, 0.4) is 0 Å². The van der Waals surface area contributed by atoms with Crippen molar-refractivity contribution < 1.29 is 34.8 Å². The molecule has 0 bridgehead atoms. The molecular weight excluding hydrogens is 699 g/mol. The number of hydrogen-bond donors (Lipinski definition) is 5. The van der Waals surface area contributed by atoms with Crippen molar-refractivity contribution >= 4 is 11.4 Å². The van der Waals surface area contributed by atoms with Crippen LogP contribution in [0.5, 0.6) is 5.75 Å². The van der Waals surface area contributed by atoms with Crippen LogP contribution in [-0.4, -0.2) is 194 Å². The van der Waals surface area contributed by atoms with Gasteiger partial charge < -0.3 is 34.8 Å². The first kappa shape index (κ1) is 46.8. The van der Waals surface area contributed by atoms with Gasteiger partial charge in [-0.3, -0.25) is 19.6 Å². The Morgan fingerprint density at radius 3 is 1.45 bits per heavy atom. The first-order valence-corrected chi connectivity index (χ1v) is 21.0. The largest absolute Gasteiger partial charge is 0.494 e. The molecule has 13 nitrogen and oxygen atoms in total. The molecular formula is C42H74N7O6+. The summed E-state index contributed by atoms with van der Waals surface area (Å²) in [4.78, 5) is 9.12. The average molecular weight is 773 g/mol. The summed E-state index contributed by atoms with van der Waals surface area (Å²) in [5.41, 5.74) is 2.98. The molecule has 55 heavy (non-hydrogen) atoms. The lowest BCUT2D eigenvalue weighted by molar-refractivity contribution is -0.799. The molecule has 13 heteroatoms. The minimum Gasteiger partial charge on any atom is -0.494 e. The van der Waals surface area contributed by atoms with Crippen LogP contribution in [-0.2, 0) is 6.42 Å². The Bertz CT molecular complexity index is 1250. The molecule has 1 aliphatic rings. The Balaban J connectivity index is 1.31. The van der Waals surface area contributed by atoms with Gasteiger partial charge in [0.25, 0.3) is 0 Å². The molecule has 1 saturated heterocycles. The molecule has 0 aliphatic carbocycles. The van der Waals surface area contributed by atoms with Crippen molar-refractivity contribution in [3.05, 3.63) is 54.1 Å². The molecule has 5 N–H and O–H groups in total. The van der Waals surface area contributed by atoms with E-state index in [4.69, 9.17) is 4.74 Å². The number of aryl methyl sites for hydroxylation is 1. The summed E-state index contributed by atoms with van der Waals surface area (Å²) in [5, 5.41) is 57.0. The van der Waals surface area contributed by atoms with Crippen LogP contribution in [0.4, 0.5) is 11.4 Å². The normalized spacial score (nSPS) is 14.0. The first-order valence-electron chi connectivity index (χ1n) is 21.0. The molecule has 3 rings (SSSR count). The van der Waals surface area contributed by atoms with Crippen molar-refractivity contribution in [2.45, 2.75) is 51.9 Å². The summed E-state index contributed by atoms with van der Waals surface area (Å²) < 4.78 is 6.94. The van der Waals surface area contributed by atoms with Gasteiger partial charge in [0.2, 0.25) is 0 Å². The molecule has 312 valence electrons. The van der Waals surface area contributed by atoms with Gasteiger partial charge in [0.05, 0.1) is 57.6 Å². The minimum absolute atomic E-state index is 0.0863. The zero-order chi connectivity index (χ0) is 39.4. The number of azo groups is 1. The van der Waals surface area contributed by atoms with Gasteiger partial charge in [0, 0.05) is 72.0 Å². The number of aliphatic hydroxyl groups is 5. The molecule has 2 aromatic rings. The van der Waals surface area contributed by atoms with Crippen LogP contribution >= 0.6 is 0 Å². The van der Waals surface area contributed by atoms with E-state index in [1.165, 1.54) is 18.4 Å². The standard InChI is InChI=1S/C42H74N7O6/c1-2-3-8-39-9-11-40(12-10-39)43-44-41-13-15-42(16-14-41)55-38-7-5-4-6-17-45(25-33-50)18-19-46(26-34-51)20-21-47(27-35-52)22-23-48(28-36-53)24-29-49(30-31-49)32-37-54/h9-16,50-54H,2-8,17-38H2,1H3/q+1. The van der Waals surface area contributed by atoms with Crippen molar-refractivity contribution in [2.75, 3.05) is 144 Å². The molecule has 0 radical (unpaired) electrons. The van der Waals surface area contributed by atoms with Crippen molar-refractivity contribution in [1.29, 1.82) is 0 Å². The van der Waals surface area contributed by atoms with Crippen molar-refractivity contribution in [1.82, 2.24) is 19.6 Å². The highest BCUT2D eigenvalue weighted by Gasteiger charge is 2.41. The third-order valence-electron chi connectivity index (χ3n) is 10.7. The zero-order valence-corrected chi connectivity index (χ0v) is 33.9. The number of quaternary nitrogens is 1. The number of benzene rings is 2.